The van der Waals surface area contributed by atoms with E-state index in [1.807, 2.05) is 0 Å². The van der Waals surface area contributed by atoms with Gasteiger partial charge in [-0.3, -0.25) is 0 Å². The number of aliphatic hydroxyl groups is 2. The fourth-order valence-corrected chi connectivity index (χ4v) is 0.631. The molecule has 0 rings (SSSR count). The number of carbonyl (C=O) groups excluding carboxylic acids is 1. The molecular weight excluding hydrogens is 172 g/mol. The van der Waals surface area contributed by atoms with Crippen LogP contribution in [0.25, 0.3) is 0 Å². The van der Waals surface area contributed by atoms with Crippen molar-refractivity contribution in [3.05, 3.63) is 12.7 Å². The predicted octanol–water partition coefficient (Wildman–Crippen LogP) is 0.443. The first kappa shape index (κ1) is 12.1. The summed E-state index contributed by atoms with van der Waals surface area (Å²) >= 11 is 0. The average Bonchev–Trinajstić information content (AvgIpc) is 2.02. The highest BCUT2D eigenvalue weighted by atomic mass is 16.7. The molecule has 0 radical (unpaired) electrons. The van der Waals surface area contributed by atoms with Gasteiger partial charge < -0.3 is 14.9 Å². The Morgan fingerprint density at radius 3 is 2.23 bits per heavy atom. The number of aliphatic hydroxyl groups excluding tert-OH is 1. The lowest BCUT2D eigenvalue weighted by atomic mass is 9.86. The first-order chi connectivity index (χ1) is 5.77. The number of ether oxygens (including phenoxy) is 1. The Morgan fingerprint density at radius 1 is 1.54 bits per heavy atom. The summed E-state index contributed by atoms with van der Waals surface area (Å²) in [5.74, 6) is -2.62. The summed E-state index contributed by atoms with van der Waals surface area (Å²) in [6.07, 6.45) is 0.937. The summed E-state index contributed by atoms with van der Waals surface area (Å²) in [5, 5.41) is 18.6. The molecule has 0 spiro atoms. The van der Waals surface area contributed by atoms with Crippen LogP contribution >= 0.6 is 0 Å². The van der Waals surface area contributed by atoms with Crippen LogP contribution in [0, 0.1) is 5.41 Å². The molecule has 1 atom stereocenters. The van der Waals surface area contributed by atoms with E-state index in [1.54, 1.807) is 20.8 Å². The molecule has 0 aliphatic rings. The fraction of sp³-hybridized carbons (Fsp3) is 0.667. The minimum absolute atomic E-state index is 0.643. The third kappa shape index (κ3) is 2.82. The van der Waals surface area contributed by atoms with Crippen LogP contribution in [0.15, 0.2) is 12.7 Å². The van der Waals surface area contributed by atoms with Crippen molar-refractivity contribution in [1.82, 2.24) is 0 Å². The van der Waals surface area contributed by atoms with Gasteiger partial charge >= 0.3 is 5.97 Å². The van der Waals surface area contributed by atoms with Crippen LogP contribution in [0.2, 0.25) is 0 Å². The molecule has 2 N–H and O–H groups in total. The maximum atomic E-state index is 10.8. The summed E-state index contributed by atoms with van der Waals surface area (Å²) in [7, 11) is 0. The zero-order valence-electron chi connectivity index (χ0n) is 8.20. The van der Waals surface area contributed by atoms with Crippen molar-refractivity contribution in [2.24, 2.45) is 5.41 Å². The Labute approximate surface area is 77.8 Å². The maximum Gasteiger partial charge on any atom is 0.332 e. The van der Waals surface area contributed by atoms with Gasteiger partial charge in [0.05, 0.1) is 0 Å². The van der Waals surface area contributed by atoms with Crippen LogP contribution in [0.5, 0.6) is 0 Å². The van der Waals surface area contributed by atoms with Gasteiger partial charge in [0.25, 0.3) is 0 Å². The molecule has 4 heteroatoms. The second-order valence-corrected chi connectivity index (χ2v) is 3.82. The van der Waals surface area contributed by atoms with Crippen molar-refractivity contribution in [1.29, 1.82) is 0 Å². The van der Waals surface area contributed by atoms with E-state index in [2.05, 4.69) is 11.3 Å². The van der Waals surface area contributed by atoms with Gasteiger partial charge in [-0.25, -0.2) is 4.79 Å². The first-order valence-corrected chi connectivity index (χ1v) is 3.95. The molecule has 0 saturated heterocycles. The molecule has 4 nitrogen and oxygen atoms in total. The van der Waals surface area contributed by atoms with Crippen LogP contribution in [0.1, 0.15) is 20.8 Å². The van der Waals surface area contributed by atoms with Crippen LogP contribution in [-0.2, 0) is 9.53 Å². The van der Waals surface area contributed by atoms with E-state index < -0.39 is 23.8 Å². The molecular formula is C9H16O4. The molecule has 13 heavy (non-hydrogen) atoms. The van der Waals surface area contributed by atoms with Crippen LogP contribution < -0.4 is 0 Å². The second kappa shape index (κ2) is 3.89. The maximum absolute atomic E-state index is 10.8. The van der Waals surface area contributed by atoms with Gasteiger partial charge in [0, 0.05) is 11.5 Å². The number of hydrogen-bond donors (Lipinski definition) is 2. The lowest BCUT2D eigenvalue weighted by Crippen LogP contribution is -2.49. The number of esters is 1. The molecule has 0 fully saturated rings. The summed E-state index contributed by atoms with van der Waals surface area (Å²) in [6.45, 7) is 7.51. The third-order valence-electron chi connectivity index (χ3n) is 1.82. The van der Waals surface area contributed by atoms with E-state index in [0.717, 1.165) is 6.08 Å². The number of hydrogen-bond acceptors (Lipinski definition) is 4. The van der Waals surface area contributed by atoms with E-state index in [4.69, 9.17) is 5.11 Å². The molecule has 0 bridgehead atoms. The van der Waals surface area contributed by atoms with Gasteiger partial charge in [0.1, 0.15) is 6.61 Å². The number of rotatable bonds is 3. The van der Waals surface area contributed by atoms with Crippen molar-refractivity contribution in [3.63, 3.8) is 0 Å². The highest BCUT2D eigenvalue weighted by Crippen LogP contribution is 2.31. The van der Waals surface area contributed by atoms with Crippen LogP contribution in [0.4, 0.5) is 0 Å². The van der Waals surface area contributed by atoms with E-state index in [9.17, 15) is 9.90 Å². The van der Waals surface area contributed by atoms with Crippen molar-refractivity contribution in [3.8, 4) is 0 Å². The highest BCUT2D eigenvalue weighted by Gasteiger charge is 2.43. The summed E-state index contributed by atoms with van der Waals surface area (Å²) in [5.41, 5.74) is -0.750. The van der Waals surface area contributed by atoms with E-state index in [-0.39, 0.29) is 0 Å². The van der Waals surface area contributed by atoms with Crippen molar-refractivity contribution >= 4 is 5.97 Å². The first-order valence-electron chi connectivity index (χ1n) is 3.95. The zero-order chi connectivity index (χ0) is 10.7. The average molecular weight is 188 g/mol. The normalized spacial score (nSPS) is 16.1. The molecule has 0 aromatic carbocycles. The van der Waals surface area contributed by atoms with Gasteiger partial charge in [0.15, 0.2) is 0 Å². The predicted molar refractivity (Wildman–Crippen MR) is 47.8 cm³/mol. The smallest absolute Gasteiger partial charge is 0.332 e. The Balaban J connectivity index is 4.65. The van der Waals surface area contributed by atoms with Crippen LogP contribution in [0.3, 0.4) is 0 Å². The monoisotopic (exact) mass is 188 g/mol. The van der Waals surface area contributed by atoms with Gasteiger partial charge in [0.2, 0.25) is 5.79 Å². The van der Waals surface area contributed by atoms with E-state index >= 15 is 0 Å². The minimum Gasteiger partial charge on any atom is -0.427 e. The van der Waals surface area contributed by atoms with Crippen molar-refractivity contribution in [2.45, 2.75) is 26.6 Å². The Kier molecular flexibility index (Phi) is 3.63. The Bertz CT molecular complexity index is 204. The van der Waals surface area contributed by atoms with E-state index in [1.165, 1.54) is 0 Å². The number of carbonyl (C=O) groups is 1. The molecule has 0 heterocycles. The topological polar surface area (TPSA) is 66.8 Å². The standard InChI is InChI=1S/C9H16O4/c1-5-7(11)13-9(12,6-10)8(2,3)4/h5,10,12H,1,6H2,2-4H3. The van der Waals surface area contributed by atoms with Gasteiger partial charge in [-0.15, -0.1) is 0 Å². The fourth-order valence-electron chi connectivity index (χ4n) is 0.631. The summed E-state index contributed by atoms with van der Waals surface area (Å²) < 4.78 is 4.65. The SMILES string of the molecule is C=CC(=O)OC(O)(CO)C(C)(C)C. The largest absolute Gasteiger partial charge is 0.427 e. The van der Waals surface area contributed by atoms with Gasteiger partial charge in [-0.1, -0.05) is 27.4 Å². The lowest BCUT2D eigenvalue weighted by molar-refractivity contribution is -0.262. The Morgan fingerprint density at radius 2 is 2.00 bits per heavy atom. The van der Waals surface area contributed by atoms with Crippen molar-refractivity contribution in [2.75, 3.05) is 6.61 Å². The molecule has 0 aromatic heterocycles. The molecule has 1 unspecified atom stereocenters. The lowest BCUT2D eigenvalue weighted by Gasteiger charge is -2.37. The van der Waals surface area contributed by atoms with Gasteiger partial charge in [-0.05, 0) is 0 Å². The molecule has 0 aliphatic carbocycles. The highest BCUT2D eigenvalue weighted by molar-refractivity contribution is 5.81. The molecule has 0 saturated carbocycles. The molecule has 0 amide bonds. The van der Waals surface area contributed by atoms with E-state index in [0.29, 0.717) is 0 Å². The zero-order valence-corrected chi connectivity index (χ0v) is 8.20. The second-order valence-electron chi connectivity index (χ2n) is 3.82. The van der Waals surface area contributed by atoms with Gasteiger partial charge in [-0.2, -0.15) is 0 Å². The minimum atomic E-state index is -1.86. The third-order valence-corrected chi connectivity index (χ3v) is 1.82. The Hall–Kier alpha value is -0.870. The van der Waals surface area contributed by atoms with Crippen molar-refractivity contribution < 1.29 is 19.7 Å². The quantitative estimate of drug-likeness (QED) is 0.383. The summed E-state index contributed by atoms with van der Waals surface area (Å²) in [4.78, 5) is 10.8. The molecule has 0 aliphatic heterocycles. The van der Waals surface area contributed by atoms with Crippen LogP contribution in [-0.4, -0.2) is 28.6 Å². The molecule has 0 aromatic rings. The summed E-state index contributed by atoms with van der Waals surface area (Å²) in [6, 6.07) is 0. The molecule has 76 valence electrons.